The summed E-state index contributed by atoms with van der Waals surface area (Å²) >= 11 is 0. The molecule has 0 spiro atoms. The third-order valence-corrected chi connectivity index (χ3v) is 2.48. The summed E-state index contributed by atoms with van der Waals surface area (Å²) in [5, 5.41) is 11.3. The van der Waals surface area contributed by atoms with Gasteiger partial charge in [-0.25, -0.2) is 0 Å². The first-order chi connectivity index (χ1) is 8.71. The second-order valence-electron chi connectivity index (χ2n) is 4.85. The van der Waals surface area contributed by atoms with Crippen LogP contribution in [0.25, 0.3) is 0 Å². The molecule has 0 aliphatic rings. The normalized spacial score (nSPS) is 10.8. The molecule has 6 nitrogen and oxygen atoms in total. The lowest BCUT2D eigenvalue weighted by atomic mass is 10.00. The second-order valence-corrected chi connectivity index (χ2v) is 4.85. The average molecular weight is 264 g/mol. The van der Waals surface area contributed by atoms with Crippen molar-refractivity contribution in [3.8, 4) is 0 Å². The van der Waals surface area contributed by atoms with Crippen LogP contribution in [0.1, 0.15) is 41.0 Å². The molecule has 0 saturated heterocycles. The molecule has 0 aromatic heterocycles. The molecule has 19 heavy (non-hydrogen) atoms. The number of aliphatic carboxylic acids is 1. The molecular formula is C13H16N2O4. The fourth-order valence-corrected chi connectivity index (χ4v) is 1.59. The van der Waals surface area contributed by atoms with E-state index in [1.807, 2.05) is 0 Å². The Morgan fingerprint density at radius 3 is 2.05 bits per heavy atom. The standard InChI is InChI=1S/C13H16N2O4/c1-13(2,7-10(16)17)15-12(19)9-5-3-8(4-6-9)11(14)18/h3-6H,7H2,1-2H3,(H2,14,18)(H,15,19)(H,16,17). The second kappa shape index (κ2) is 5.51. The highest BCUT2D eigenvalue weighted by molar-refractivity contribution is 5.97. The number of carboxylic acids is 1. The van der Waals surface area contributed by atoms with Crippen molar-refractivity contribution in [1.82, 2.24) is 5.32 Å². The molecular weight excluding hydrogens is 248 g/mol. The molecule has 0 saturated carbocycles. The van der Waals surface area contributed by atoms with Crippen LogP contribution in [-0.2, 0) is 4.79 Å². The van der Waals surface area contributed by atoms with Crippen LogP contribution in [-0.4, -0.2) is 28.4 Å². The number of carbonyl (C=O) groups is 3. The Morgan fingerprint density at radius 1 is 1.16 bits per heavy atom. The Labute approximate surface area is 110 Å². The van der Waals surface area contributed by atoms with Crippen molar-refractivity contribution < 1.29 is 19.5 Å². The van der Waals surface area contributed by atoms with E-state index in [0.717, 1.165) is 0 Å². The number of nitrogens with one attached hydrogen (secondary N) is 1. The van der Waals surface area contributed by atoms with Crippen molar-refractivity contribution >= 4 is 17.8 Å². The lowest BCUT2D eigenvalue weighted by Crippen LogP contribution is -2.44. The van der Waals surface area contributed by atoms with Crippen LogP contribution >= 0.6 is 0 Å². The van der Waals surface area contributed by atoms with Crippen LogP contribution in [0.5, 0.6) is 0 Å². The zero-order valence-corrected chi connectivity index (χ0v) is 10.8. The maximum atomic E-state index is 11.9. The first kappa shape index (κ1) is 14.7. The molecule has 0 heterocycles. The molecule has 1 aromatic carbocycles. The van der Waals surface area contributed by atoms with Gasteiger partial charge in [-0.3, -0.25) is 14.4 Å². The number of carboxylic acid groups (broad SMARTS) is 1. The zero-order chi connectivity index (χ0) is 14.6. The van der Waals surface area contributed by atoms with Gasteiger partial charge in [0.2, 0.25) is 5.91 Å². The quantitative estimate of drug-likeness (QED) is 0.729. The molecule has 4 N–H and O–H groups in total. The van der Waals surface area contributed by atoms with E-state index in [-0.39, 0.29) is 6.42 Å². The molecule has 0 bridgehead atoms. The van der Waals surface area contributed by atoms with Crippen molar-refractivity contribution in [1.29, 1.82) is 0 Å². The summed E-state index contributed by atoms with van der Waals surface area (Å²) in [6.45, 7) is 3.24. The van der Waals surface area contributed by atoms with Gasteiger partial charge in [-0.1, -0.05) is 0 Å². The van der Waals surface area contributed by atoms with Gasteiger partial charge in [0, 0.05) is 16.7 Å². The summed E-state index contributed by atoms with van der Waals surface area (Å²) in [6.07, 6.45) is -0.182. The van der Waals surface area contributed by atoms with Gasteiger partial charge in [-0.2, -0.15) is 0 Å². The van der Waals surface area contributed by atoms with E-state index in [2.05, 4.69) is 5.32 Å². The fraction of sp³-hybridized carbons (Fsp3) is 0.308. The molecule has 0 aliphatic heterocycles. The molecule has 0 unspecified atom stereocenters. The van der Waals surface area contributed by atoms with Gasteiger partial charge < -0.3 is 16.2 Å². The number of hydrogen-bond donors (Lipinski definition) is 3. The van der Waals surface area contributed by atoms with Gasteiger partial charge in [0.05, 0.1) is 6.42 Å². The highest BCUT2D eigenvalue weighted by Gasteiger charge is 2.24. The predicted molar refractivity (Wildman–Crippen MR) is 68.8 cm³/mol. The fourth-order valence-electron chi connectivity index (χ4n) is 1.59. The molecule has 6 heteroatoms. The minimum atomic E-state index is -0.991. The van der Waals surface area contributed by atoms with E-state index >= 15 is 0 Å². The highest BCUT2D eigenvalue weighted by Crippen LogP contribution is 2.11. The first-order valence-electron chi connectivity index (χ1n) is 5.65. The topological polar surface area (TPSA) is 109 Å². The van der Waals surface area contributed by atoms with Crippen molar-refractivity contribution in [2.45, 2.75) is 25.8 Å². The lowest BCUT2D eigenvalue weighted by molar-refractivity contribution is -0.138. The predicted octanol–water partition coefficient (Wildman–Crippen LogP) is 0.769. The third-order valence-electron chi connectivity index (χ3n) is 2.48. The van der Waals surface area contributed by atoms with Gasteiger partial charge in [-0.15, -0.1) is 0 Å². The minimum Gasteiger partial charge on any atom is -0.481 e. The summed E-state index contributed by atoms with van der Waals surface area (Å²) in [5.41, 5.74) is 4.88. The number of hydrogen-bond acceptors (Lipinski definition) is 3. The minimum absolute atomic E-state index is 0.182. The van der Waals surface area contributed by atoms with E-state index in [1.165, 1.54) is 24.3 Å². The van der Waals surface area contributed by atoms with Gasteiger partial charge in [0.25, 0.3) is 5.91 Å². The van der Waals surface area contributed by atoms with Crippen LogP contribution in [0.2, 0.25) is 0 Å². The maximum absolute atomic E-state index is 11.9. The van der Waals surface area contributed by atoms with Gasteiger partial charge >= 0.3 is 5.97 Å². The average Bonchev–Trinajstić information content (AvgIpc) is 2.26. The molecule has 0 radical (unpaired) electrons. The number of benzene rings is 1. The lowest BCUT2D eigenvalue weighted by Gasteiger charge is -2.24. The van der Waals surface area contributed by atoms with Crippen LogP contribution in [0.4, 0.5) is 0 Å². The summed E-state index contributed by atoms with van der Waals surface area (Å²) in [6, 6.07) is 5.82. The molecule has 0 aliphatic carbocycles. The van der Waals surface area contributed by atoms with Crippen LogP contribution < -0.4 is 11.1 Å². The maximum Gasteiger partial charge on any atom is 0.305 e. The van der Waals surface area contributed by atoms with Crippen LogP contribution in [0.3, 0.4) is 0 Å². The van der Waals surface area contributed by atoms with Gasteiger partial charge in [0.15, 0.2) is 0 Å². The van der Waals surface area contributed by atoms with Gasteiger partial charge in [-0.05, 0) is 38.1 Å². The van der Waals surface area contributed by atoms with Crippen molar-refractivity contribution in [2.75, 3.05) is 0 Å². The summed E-state index contributed by atoms with van der Waals surface area (Å²) in [4.78, 5) is 33.4. The van der Waals surface area contributed by atoms with Crippen molar-refractivity contribution in [3.63, 3.8) is 0 Å². The molecule has 1 aromatic rings. The summed E-state index contributed by atoms with van der Waals surface area (Å²) < 4.78 is 0. The molecule has 0 fully saturated rings. The molecule has 1 rings (SSSR count). The Bertz CT molecular complexity index is 506. The number of nitrogens with two attached hydrogens (primary N) is 1. The van der Waals surface area contributed by atoms with E-state index in [4.69, 9.17) is 10.8 Å². The zero-order valence-electron chi connectivity index (χ0n) is 10.8. The first-order valence-corrected chi connectivity index (χ1v) is 5.65. The monoisotopic (exact) mass is 264 g/mol. The Morgan fingerprint density at radius 2 is 1.63 bits per heavy atom. The van der Waals surface area contributed by atoms with Crippen molar-refractivity contribution in [2.24, 2.45) is 5.73 Å². The number of amides is 2. The van der Waals surface area contributed by atoms with Gasteiger partial charge in [0.1, 0.15) is 0 Å². The van der Waals surface area contributed by atoms with E-state index in [9.17, 15) is 14.4 Å². The smallest absolute Gasteiger partial charge is 0.305 e. The van der Waals surface area contributed by atoms with E-state index in [1.54, 1.807) is 13.8 Å². The van der Waals surface area contributed by atoms with Crippen LogP contribution in [0, 0.1) is 0 Å². The Kier molecular flexibility index (Phi) is 4.26. The van der Waals surface area contributed by atoms with E-state index < -0.39 is 23.3 Å². The van der Waals surface area contributed by atoms with Crippen LogP contribution in [0.15, 0.2) is 24.3 Å². The SMILES string of the molecule is CC(C)(CC(=O)O)NC(=O)c1ccc(C(N)=O)cc1. The third kappa shape index (κ3) is 4.42. The van der Waals surface area contributed by atoms with Crippen molar-refractivity contribution in [3.05, 3.63) is 35.4 Å². The Hall–Kier alpha value is -2.37. The Balaban J connectivity index is 2.78. The number of primary amides is 1. The van der Waals surface area contributed by atoms with E-state index in [0.29, 0.717) is 11.1 Å². The largest absolute Gasteiger partial charge is 0.481 e. The highest BCUT2D eigenvalue weighted by atomic mass is 16.4. The molecule has 2 amide bonds. The number of rotatable bonds is 5. The molecule has 0 atom stereocenters. The number of carbonyl (C=O) groups excluding carboxylic acids is 2. The molecule has 102 valence electrons. The summed E-state index contributed by atoms with van der Waals surface area (Å²) in [5.74, 6) is -1.96. The summed E-state index contributed by atoms with van der Waals surface area (Å²) in [7, 11) is 0.